The predicted octanol–water partition coefficient (Wildman–Crippen LogP) is 9.86. The van der Waals surface area contributed by atoms with Gasteiger partial charge in [-0.3, -0.25) is 0 Å². The SMILES string of the molecule is CC(C)c1cc(C(C)c2cc(C(C)C)c(Br)c(C(C)C)c2)cc(C(C)C)c1Br. The third-order valence-corrected chi connectivity index (χ3v) is 7.62. The standard InChI is InChI=1S/C26H36Br2/c1-14(2)21-10-19(11-22(15(3)4)25(21)27)18(9)20-12-23(16(5)6)26(28)24(13-20)17(7)8/h10-18H,1-9H3. The van der Waals surface area contributed by atoms with Gasteiger partial charge in [-0.2, -0.15) is 0 Å². The van der Waals surface area contributed by atoms with E-state index in [2.05, 4.69) is 118 Å². The second-order valence-corrected chi connectivity index (χ2v) is 11.0. The van der Waals surface area contributed by atoms with E-state index in [9.17, 15) is 0 Å². The first-order chi connectivity index (χ1) is 13.0. The van der Waals surface area contributed by atoms with Gasteiger partial charge in [0.05, 0.1) is 0 Å². The molecule has 0 aliphatic heterocycles. The zero-order chi connectivity index (χ0) is 21.3. The fraction of sp³-hybridized carbons (Fsp3) is 0.538. The van der Waals surface area contributed by atoms with Crippen LogP contribution >= 0.6 is 31.9 Å². The molecule has 2 aromatic carbocycles. The Morgan fingerprint density at radius 1 is 0.464 bits per heavy atom. The summed E-state index contributed by atoms with van der Waals surface area (Å²) in [5, 5.41) is 0. The van der Waals surface area contributed by atoms with Gasteiger partial charge in [0, 0.05) is 14.9 Å². The molecule has 0 N–H and O–H groups in total. The Morgan fingerprint density at radius 2 is 0.679 bits per heavy atom. The molecule has 0 radical (unpaired) electrons. The molecule has 28 heavy (non-hydrogen) atoms. The largest absolute Gasteiger partial charge is 0.0586 e. The van der Waals surface area contributed by atoms with Crippen molar-refractivity contribution >= 4 is 31.9 Å². The van der Waals surface area contributed by atoms with Gasteiger partial charge >= 0.3 is 0 Å². The summed E-state index contributed by atoms with van der Waals surface area (Å²) in [6, 6.07) is 9.66. The van der Waals surface area contributed by atoms with Crippen LogP contribution in [-0.4, -0.2) is 0 Å². The molecule has 2 rings (SSSR count). The van der Waals surface area contributed by atoms with Crippen molar-refractivity contribution in [3.8, 4) is 0 Å². The van der Waals surface area contributed by atoms with E-state index in [4.69, 9.17) is 0 Å². The van der Waals surface area contributed by atoms with Gasteiger partial charge in [0.1, 0.15) is 0 Å². The summed E-state index contributed by atoms with van der Waals surface area (Å²) < 4.78 is 2.57. The normalized spacial score (nSPS) is 12.3. The number of halogens is 2. The van der Waals surface area contributed by atoms with Gasteiger partial charge < -0.3 is 0 Å². The summed E-state index contributed by atoms with van der Waals surface area (Å²) in [4.78, 5) is 0. The van der Waals surface area contributed by atoms with Crippen LogP contribution in [0.1, 0.15) is 125 Å². The lowest BCUT2D eigenvalue weighted by atomic mass is 9.83. The van der Waals surface area contributed by atoms with Gasteiger partial charge in [-0.1, -0.05) is 118 Å². The van der Waals surface area contributed by atoms with Crippen molar-refractivity contribution in [3.05, 3.63) is 66.6 Å². The monoisotopic (exact) mass is 506 g/mol. The lowest BCUT2D eigenvalue weighted by Gasteiger charge is -2.24. The van der Waals surface area contributed by atoms with E-state index in [1.54, 1.807) is 0 Å². The molecule has 0 fully saturated rings. The Kier molecular flexibility index (Phi) is 8.01. The van der Waals surface area contributed by atoms with Crippen LogP contribution in [0.15, 0.2) is 33.2 Å². The molecule has 0 amide bonds. The molecule has 0 unspecified atom stereocenters. The molecule has 0 saturated carbocycles. The minimum absolute atomic E-state index is 0.367. The third kappa shape index (κ3) is 4.93. The Balaban J connectivity index is 2.67. The van der Waals surface area contributed by atoms with E-state index < -0.39 is 0 Å². The fourth-order valence-electron chi connectivity index (χ4n) is 3.76. The molecule has 0 aromatic heterocycles. The Hall–Kier alpha value is -0.600. The first-order valence-corrected chi connectivity index (χ1v) is 12.2. The van der Waals surface area contributed by atoms with Crippen molar-refractivity contribution in [2.24, 2.45) is 0 Å². The van der Waals surface area contributed by atoms with E-state index >= 15 is 0 Å². The molecule has 154 valence electrons. The van der Waals surface area contributed by atoms with Crippen LogP contribution in [0.25, 0.3) is 0 Å². The van der Waals surface area contributed by atoms with Crippen molar-refractivity contribution in [1.82, 2.24) is 0 Å². The van der Waals surface area contributed by atoms with Gasteiger partial charge in [0.25, 0.3) is 0 Å². The van der Waals surface area contributed by atoms with Crippen molar-refractivity contribution in [2.75, 3.05) is 0 Å². The number of benzene rings is 2. The summed E-state index contributed by atoms with van der Waals surface area (Å²) in [7, 11) is 0. The maximum absolute atomic E-state index is 3.89. The average molecular weight is 508 g/mol. The van der Waals surface area contributed by atoms with Crippen LogP contribution in [0.2, 0.25) is 0 Å². The highest BCUT2D eigenvalue weighted by molar-refractivity contribution is 9.10. The molecule has 0 bridgehead atoms. The second-order valence-electron chi connectivity index (χ2n) is 9.37. The molecular weight excluding hydrogens is 472 g/mol. The van der Waals surface area contributed by atoms with Crippen molar-refractivity contribution in [3.63, 3.8) is 0 Å². The number of rotatable bonds is 6. The lowest BCUT2D eigenvalue weighted by molar-refractivity contribution is 0.794. The first kappa shape index (κ1) is 23.7. The molecular formula is C26H36Br2. The summed E-state index contributed by atoms with van der Waals surface area (Å²) in [5.41, 5.74) is 8.50. The van der Waals surface area contributed by atoms with Crippen molar-refractivity contribution in [2.45, 2.75) is 91.9 Å². The van der Waals surface area contributed by atoms with Gasteiger partial charge in [0.15, 0.2) is 0 Å². The number of hydrogen-bond donors (Lipinski definition) is 0. The fourth-order valence-corrected chi connectivity index (χ4v) is 6.05. The van der Waals surface area contributed by atoms with Gasteiger partial charge in [-0.25, -0.2) is 0 Å². The maximum atomic E-state index is 3.89. The van der Waals surface area contributed by atoms with Crippen molar-refractivity contribution in [1.29, 1.82) is 0 Å². The van der Waals surface area contributed by atoms with E-state index in [0.717, 1.165) is 0 Å². The molecule has 0 atom stereocenters. The van der Waals surface area contributed by atoms with Crippen LogP contribution in [0.4, 0.5) is 0 Å². The lowest BCUT2D eigenvalue weighted by Crippen LogP contribution is -2.06. The van der Waals surface area contributed by atoms with E-state index in [0.29, 0.717) is 29.6 Å². The van der Waals surface area contributed by atoms with Gasteiger partial charge in [-0.05, 0) is 57.1 Å². The molecule has 0 saturated heterocycles. The predicted molar refractivity (Wildman–Crippen MR) is 132 cm³/mol. The number of hydrogen-bond acceptors (Lipinski definition) is 0. The highest BCUT2D eigenvalue weighted by atomic mass is 79.9. The Labute approximate surface area is 189 Å². The maximum Gasteiger partial charge on any atom is 0.0244 e. The minimum Gasteiger partial charge on any atom is -0.0586 e. The van der Waals surface area contributed by atoms with Gasteiger partial charge in [-0.15, -0.1) is 0 Å². The van der Waals surface area contributed by atoms with E-state index in [1.165, 1.54) is 42.3 Å². The Bertz CT molecular complexity index is 701. The van der Waals surface area contributed by atoms with E-state index in [1.807, 2.05) is 0 Å². The summed E-state index contributed by atoms with van der Waals surface area (Å²) >= 11 is 7.77. The highest BCUT2D eigenvalue weighted by Crippen LogP contribution is 2.40. The zero-order valence-electron chi connectivity index (χ0n) is 19.0. The molecule has 0 spiro atoms. The topological polar surface area (TPSA) is 0 Å². The second kappa shape index (κ2) is 9.47. The molecule has 0 heterocycles. The molecule has 0 aliphatic rings. The van der Waals surface area contributed by atoms with Crippen molar-refractivity contribution < 1.29 is 0 Å². The van der Waals surface area contributed by atoms with Crippen LogP contribution in [0.5, 0.6) is 0 Å². The summed E-state index contributed by atoms with van der Waals surface area (Å²) in [5.74, 6) is 2.37. The quantitative estimate of drug-likeness (QED) is 0.364. The molecule has 2 heteroatoms. The zero-order valence-corrected chi connectivity index (χ0v) is 22.1. The highest BCUT2D eigenvalue weighted by Gasteiger charge is 2.20. The van der Waals surface area contributed by atoms with Crippen LogP contribution in [0, 0.1) is 0 Å². The molecule has 0 aliphatic carbocycles. The van der Waals surface area contributed by atoms with Crippen LogP contribution < -0.4 is 0 Å². The summed E-state index contributed by atoms with van der Waals surface area (Å²) in [6.45, 7) is 20.6. The molecule has 2 aromatic rings. The average Bonchev–Trinajstić information content (AvgIpc) is 2.60. The van der Waals surface area contributed by atoms with E-state index in [-0.39, 0.29) is 0 Å². The summed E-state index contributed by atoms with van der Waals surface area (Å²) in [6.07, 6.45) is 0. The van der Waals surface area contributed by atoms with Gasteiger partial charge in [0.2, 0.25) is 0 Å². The van der Waals surface area contributed by atoms with Crippen LogP contribution in [-0.2, 0) is 0 Å². The third-order valence-electron chi connectivity index (χ3n) is 5.79. The minimum atomic E-state index is 0.367. The first-order valence-electron chi connectivity index (χ1n) is 10.6. The smallest absolute Gasteiger partial charge is 0.0244 e. The molecule has 0 nitrogen and oxygen atoms in total. The van der Waals surface area contributed by atoms with Crippen LogP contribution in [0.3, 0.4) is 0 Å². The Morgan fingerprint density at radius 3 is 0.857 bits per heavy atom.